The second kappa shape index (κ2) is 11.5. The van der Waals surface area contributed by atoms with E-state index in [1.807, 2.05) is 0 Å². The zero-order valence-electron chi connectivity index (χ0n) is 14.4. The van der Waals surface area contributed by atoms with Gasteiger partial charge in [-0.1, -0.05) is 0 Å². The Morgan fingerprint density at radius 2 is 0.630 bits per heavy atom. The normalized spacial score (nSPS) is 26.0. The molecule has 12 atom stereocenters. The first-order valence-corrected chi connectivity index (χ1v) is 8.07. The molecule has 0 rings (SSSR count). The summed E-state index contributed by atoms with van der Waals surface area (Å²) in [6, 6.07) is 0. The van der Waals surface area contributed by atoms with Gasteiger partial charge in [0.1, 0.15) is 67.1 Å². The van der Waals surface area contributed by atoms with Crippen LogP contribution in [0.15, 0.2) is 0 Å². The molecule has 13 heteroatoms. The maximum absolute atomic E-state index is 9.80. The second-order valence-corrected chi connectivity index (χ2v) is 6.40. The summed E-state index contributed by atoms with van der Waals surface area (Å²) in [7, 11) is 0. The van der Waals surface area contributed by atoms with Gasteiger partial charge in [-0.25, -0.2) is 0 Å². The van der Waals surface area contributed by atoms with Gasteiger partial charge in [-0.15, -0.1) is 0 Å². The molecule has 0 fully saturated rings. The highest BCUT2D eigenvalue weighted by molar-refractivity contribution is 4.94. The maximum atomic E-state index is 9.80. The van der Waals surface area contributed by atoms with Crippen molar-refractivity contribution in [3.05, 3.63) is 0 Å². The zero-order chi connectivity index (χ0) is 21.6. The molecule has 0 aromatic heterocycles. The van der Waals surface area contributed by atoms with E-state index in [2.05, 4.69) is 0 Å². The molecule has 0 aliphatic heterocycles. The first-order chi connectivity index (χ1) is 12.3. The highest BCUT2D eigenvalue weighted by atomic mass is 16.4. The Morgan fingerprint density at radius 1 is 0.407 bits per heavy atom. The van der Waals surface area contributed by atoms with E-state index in [1.54, 1.807) is 0 Å². The van der Waals surface area contributed by atoms with Crippen molar-refractivity contribution in [1.29, 1.82) is 0 Å². The van der Waals surface area contributed by atoms with Gasteiger partial charge in [0.25, 0.3) is 0 Å². The van der Waals surface area contributed by atoms with Crippen LogP contribution in [-0.2, 0) is 0 Å². The van der Waals surface area contributed by atoms with Crippen molar-refractivity contribution < 1.29 is 66.4 Å². The Bertz CT molecular complexity index is 410. The monoisotopic (exact) mass is 406 g/mol. The summed E-state index contributed by atoms with van der Waals surface area (Å²) in [5.74, 6) is 0. The second-order valence-electron chi connectivity index (χ2n) is 6.40. The Morgan fingerprint density at radius 3 is 0.852 bits per heavy atom. The zero-order valence-corrected chi connectivity index (χ0v) is 14.4. The first-order valence-electron chi connectivity index (χ1n) is 8.07. The third-order valence-corrected chi connectivity index (χ3v) is 4.22. The van der Waals surface area contributed by atoms with Crippen LogP contribution >= 0.6 is 0 Å². The van der Waals surface area contributed by atoms with Crippen LogP contribution in [0.4, 0.5) is 0 Å². The fourth-order valence-corrected chi connectivity index (χ4v) is 2.24. The molecule has 0 bridgehead atoms. The van der Waals surface area contributed by atoms with Crippen molar-refractivity contribution in [1.82, 2.24) is 0 Å². The largest absolute Gasteiger partial charge is 0.394 e. The van der Waals surface area contributed by atoms with Gasteiger partial charge < -0.3 is 66.4 Å². The van der Waals surface area contributed by atoms with E-state index in [9.17, 15) is 56.2 Å². The lowest BCUT2D eigenvalue weighted by Gasteiger charge is -2.35. The quantitative estimate of drug-likeness (QED) is 0.144. The van der Waals surface area contributed by atoms with Gasteiger partial charge in [0.2, 0.25) is 0 Å². The molecule has 0 aliphatic carbocycles. The minimum absolute atomic E-state index is 0.999. The van der Waals surface area contributed by atoms with E-state index < -0.39 is 79.9 Å². The fraction of sp³-hybridized carbons (Fsp3) is 1.00. The molecule has 0 aromatic carbocycles. The van der Waals surface area contributed by atoms with E-state index >= 15 is 0 Å². The summed E-state index contributed by atoms with van der Waals surface area (Å²) >= 11 is 0. The number of hydrogen-bond donors (Lipinski definition) is 13. The lowest BCUT2D eigenvalue weighted by molar-refractivity contribution is -0.199. The summed E-state index contributed by atoms with van der Waals surface area (Å²) < 4.78 is 0. The molecule has 0 heterocycles. The van der Waals surface area contributed by atoms with Crippen molar-refractivity contribution in [2.75, 3.05) is 6.61 Å². The molecular formula is C14H30O13. The highest BCUT2D eigenvalue weighted by Gasteiger charge is 2.44. The van der Waals surface area contributed by atoms with Crippen molar-refractivity contribution in [2.24, 2.45) is 0 Å². The molecule has 0 radical (unpaired) electrons. The van der Waals surface area contributed by atoms with Crippen LogP contribution in [0.3, 0.4) is 0 Å². The molecule has 27 heavy (non-hydrogen) atoms. The van der Waals surface area contributed by atoms with Crippen molar-refractivity contribution >= 4 is 0 Å². The van der Waals surface area contributed by atoms with Crippen molar-refractivity contribution in [3.63, 3.8) is 0 Å². The van der Waals surface area contributed by atoms with Crippen molar-refractivity contribution in [2.45, 2.75) is 80.2 Å². The molecular weight excluding hydrogens is 376 g/mol. The molecule has 0 aromatic rings. The molecule has 13 N–H and O–H groups in total. The predicted molar refractivity (Wildman–Crippen MR) is 84.8 cm³/mol. The van der Waals surface area contributed by atoms with Crippen LogP contribution in [-0.4, -0.2) is 146 Å². The molecule has 13 nitrogen and oxygen atoms in total. The van der Waals surface area contributed by atoms with Crippen LogP contribution in [0.2, 0.25) is 0 Å². The number of aliphatic hydroxyl groups excluding tert-OH is 13. The molecule has 0 aliphatic rings. The molecule has 0 saturated carbocycles. The minimum atomic E-state index is -2.44. The molecule has 164 valence electrons. The first kappa shape index (κ1) is 26.5. The van der Waals surface area contributed by atoms with E-state index in [1.165, 1.54) is 0 Å². The lowest BCUT2D eigenvalue weighted by Crippen LogP contribution is -2.59. The van der Waals surface area contributed by atoms with Crippen LogP contribution < -0.4 is 0 Å². The summed E-state index contributed by atoms with van der Waals surface area (Å²) in [5, 5.41) is 124. The summed E-state index contributed by atoms with van der Waals surface area (Å²) in [4.78, 5) is 0. The Balaban J connectivity index is 5.06. The van der Waals surface area contributed by atoms with Gasteiger partial charge >= 0.3 is 0 Å². The standard InChI is InChI=1S/C14H30O13/c1-3(16)5(18)7(20)9(22)11(24)13(26)14(27)12(25)10(23)8(21)6(19)4(17)2-15/h3-27H,2H2,1H3/t3?,4?,5?,6?,7?,8?,9?,10-,11+,12?,13?,14-/m1/s1. The topological polar surface area (TPSA) is 263 Å². The smallest absolute Gasteiger partial charge is 0.111 e. The van der Waals surface area contributed by atoms with Crippen LogP contribution in [0.5, 0.6) is 0 Å². The molecule has 0 amide bonds. The van der Waals surface area contributed by atoms with Gasteiger partial charge in [-0.3, -0.25) is 0 Å². The van der Waals surface area contributed by atoms with E-state index in [0.717, 1.165) is 6.92 Å². The number of rotatable bonds is 12. The average Bonchev–Trinajstić information content (AvgIpc) is 2.66. The van der Waals surface area contributed by atoms with Crippen LogP contribution in [0.1, 0.15) is 6.92 Å². The average molecular weight is 406 g/mol. The summed E-state index contributed by atoms with van der Waals surface area (Å²) in [6.45, 7) is 0.0620. The van der Waals surface area contributed by atoms with Gasteiger partial charge in [0, 0.05) is 0 Å². The molecule has 0 saturated heterocycles. The minimum Gasteiger partial charge on any atom is -0.394 e. The lowest BCUT2D eigenvalue weighted by atomic mass is 9.89. The van der Waals surface area contributed by atoms with Gasteiger partial charge in [-0.05, 0) is 6.92 Å². The summed E-state index contributed by atoms with van der Waals surface area (Å²) in [5.41, 5.74) is 0. The Hall–Kier alpha value is -0.520. The molecule has 0 spiro atoms. The fourth-order valence-electron chi connectivity index (χ4n) is 2.24. The van der Waals surface area contributed by atoms with E-state index in [4.69, 9.17) is 10.2 Å². The van der Waals surface area contributed by atoms with Crippen LogP contribution in [0.25, 0.3) is 0 Å². The maximum Gasteiger partial charge on any atom is 0.111 e. The van der Waals surface area contributed by atoms with Gasteiger partial charge in [-0.2, -0.15) is 0 Å². The number of aliphatic hydroxyl groups is 13. The van der Waals surface area contributed by atoms with E-state index in [-0.39, 0.29) is 0 Å². The van der Waals surface area contributed by atoms with Gasteiger partial charge in [0.05, 0.1) is 12.7 Å². The third-order valence-electron chi connectivity index (χ3n) is 4.22. The molecule has 9 unspecified atom stereocenters. The summed E-state index contributed by atoms with van der Waals surface area (Å²) in [6.07, 6.45) is -26.2. The van der Waals surface area contributed by atoms with Crippen LogP contribution in [0, 0.1) is 0 Å². The predicted octanol–water partition coefficient (Wildman–Crippen LogP) is -7.67. The number of hydrogen-bond acceptors (Lipinski definition) is 13. The third kappa shape index (κ3) is 6.79. The highest BCUT2D eigenvalue weighted by Crippen LogP contribution is 2.18. The van der Waals surface area contributed by atoms with E-state index in [0.29, 0.717) is 0 Å². The Kier molecular flexibility index (Phi) is 11.3. The van der Waals surface area contributed by atoms with Crippen molar-refractivity contribution in [3.8, 4) is 0 Å². The van der Waals surface area contributed by atoms with Gasteiger partial charge in [0.15, 0.2) is 0 Å². The Labute approximate surface area is 154 Å². The SMILES string of the molecule is CC(O)C(O)C(O)C(O)[C@H](O)C(O)[C@H](O)C(O)[C@H](O)C(O)C(O)C(O)CO.